The maximum atomic E-state index is 12.5. The summed E-state index contributed by atoms with van der Waals surface area (Å²) in [7, 11) is 0. The van der Waals surface area contributed by atoms with Gasteiger partial charge in [0.25, 0.3) is 17.7 Å². The fourth-order valence-corrected chi connectivity index (χ4v) is 3.83. The third-order valence-electron chi connectivity index (χ3n) is 4.27. The molecule has 25 heavy (non-hydrogen) atoms. The highest BCUT2D eigenvalue weighted by Crippen LogP contribution is 2.27. The summed E-state index contributed by atoms with van der Waals surface area (Å²) in [6.45, 7) is 1.48. The predicted molar refractivity (Wildman–Crippen MR) is 92.8 cm³/mol. The number of hydrogen-bond donors (Lipinski definition) is 0. The molecule has 0 N–H and O–H groups in total. The predicted octanol–water partition coefficient (Wildman–Crippen LogP) is 1.47. The average Bonchev–Trinajstić information content (AvgIpc) is 2.93. The number of benzene rings is 1. The molecule has 0 bridgehead atoms. The van der Waals surface area contributed by atoms with Gasteiger partial charge in [0.15, 0.2) is 0 Å². The lowest BCUT2D eigenvalue weighted by Crippen LogP contribution is -2.37. The Bertz CT molecular complexity index is 827. The topological polar surface area (TPSA) is 83.5 Å². The van der Waals surface area contributed by atoms with Crippen molar-refractivity contribution in [1.29, 1.82) is 0 Å². The van der Waals surface area contributed by atoms with Crippen LogP contribution < -0.4 is 4.90 Å². The summed E-state index contributed by atoms with van der Waals surface area (Å²) in [5, 5.41) is 7.31. The van der Waals surface area contributed by atoms with Gasteiger partial charge in [0.2, 0.25) is 0 Å². The number of carbonyl (C=O) groups excluding carboxylic acids is 3. The van der Waals surface area contributed by atoms with E-state index in [9.17, 15) is 14.4 Å². The summed E-state index contributed by atoms with van der Waals surface area (Å²) in [5.74, 6) is 1.01. The number of amides is 3. The Morgan fingerprint density at radius 2 is 1.48 bits per heavy atom. The van der Waals surface area contributed by atoms with E-state index in [4.69, 9.17) is 0 Å². The van der Waals surface area contributed by atoms with Crippen LogP contribution in [0.4, 0.5) is 5.69 Å². The number of carbonyl (C=O) groups is 3. The number of imide groups is 1. The van der Waals surface area contributed by atoms with Crippen molar-refractivity contribution in [2.45, 2.75) is 0 Å². The molecule has 0 aliphatic carbocycles. The molecule has 8 heteroatoms. The first-order chi connectivity index (χ1) is 12.2. The molecule has 0 saturated carbocycles. The molecular formula is C17H14N4O3S. The minimum atomic E-state index is -0.429. The number of aromatic nitrogens is 2. The Balaban J connectivity index is 1.58. The van der Waals surface area contributed by atoms with Crippen molar-refractivity contribution in [2.75, 3.05) is 29.5 Å². The SMILES string of the molecule is O=C(c1ccc(N2C(=O)c3cnncc3C2=O)cc1)N1CCSCC1. The van der Waals surface area contributed by atoms with E-state index in [2.05, 4.69) is 10.2 Å². The molecule has 2 aliphatic rings. The zero-order valence-corrected chi connectivity index (χ0v) is 14.0. The number of thioether (sulfide) groups is 1. The van der Waals surface area contributed by atoms with Gasteiger partial charge in [-0.3, -0.25) is 14.4 Å². The average molecular weight is 354 g/mol. The van der Waals surface area contributed by atoms with E-state index in [1.807, 2.05) is 16.7 Å². The van der Waals surface area contributed by atoms with E-state index in [0.29, 0.717) is 11.3 Å². The number of fused-ring (bicyclic) bond motifs is 1. The van der Waals surface area contributed by atoms with Crippen molar-refractivity contribution in [3.8, 4) is 0 Å². The third-order valence-corrected chi connectivity index (χ3v) is 5.21. The number of hydrogen-bond acceptors (Lipinski definition) is 6. The number of nitrogens with zero attached hydrogens (tertiary/aromatic N) is 4. The van der Waals surface area contributed by atoms with E-state index < -0.39 is 11.8 Å². The molecule has 2 aliphatic heterocycles. The zero-order chi connectivity index (χ0) is 17.4. The third kappa shape index (κ3) is 2.68. The summed E-state index contributed by atoms with van der Waals surface area (Å²) < 4.78 is 0. The van der Waals surface area contributed by atoms with Gasteiger partial charge >= 0.3 is 0 Å². The van der Waals surface area contributed by atoms with Crippen molar-refractivity contribution < 1.29 is 14.4 Å². The van der Waals surface area contributed by atoms with Gasteiger partial charge in [0, 0.05) is 30.2 Å². The summed E-state index contributed by atoms with van der Waals surface area (Å²) in [6, 6.07) is 6.54. The minimum Gasteiger partial charge on any atom is -0.337 e. The lowest BCUT2D eigenvalue weighted by molar-refractivity contribution is 0.0772. The van der Waals surface area contributed by atoms with Gasteiger partial charge in [-0.25, -0.2) is 4.90 Å². The largest absolute Gasteiger partial charge is 0.337 e. The van der Waals surface area contributed by atoms with Gasteiger partial charge < -0.3 is 4.90 Å². The van der Waals surface area contributed by atoms with E-state index >= 15 is 0 Å². The molecule has 0 spiro atoms. The van der Waals surface area contributed by atoms with E-state index in [1.54, 1.807) is 24.3 Å². The molecule has 2 aromatic rings. The lowest BCUT2D eigenvalue weighted by atomic mass is 10.1. The fraction of sp³-hybridized carbons (Fsp3) is 0.235. The Kier molecular flexibility index (Phi) is 3.96. The van der Waals surface area contributed by atoms with Gasteiger partial charge in [-0.05, 0) is 24.3 Å². The first kappa shape index (κ1) is 15.8. The molecule has 1 aromatic heterocycles. The summed E-state index contributed by atoms with van der Waals surface area (Å²) >= 11 is 1.84. The van der Waals surface area contributed by atoms with Gasteiger partial charge in [0.1, 0.15) is 0 Å². The van der Waals surface area contributed by atoms with Crippen LogP contribution in [0, 0.1) is 0 Å². The van der Waals surface area contributed by atoms with Crippen LogP contribution in [0.25, 0.3) is 0 Å². The molecule has 4 rings (SSSR count). The van der Waals surface area contributed by atoms with Crippen molar-refractivity contribution in [3.05, 3.63) is 53.3 Å². The molecule has 0 atom stereocenters. The van der Waals surface area contributed by atoms with Crippen LogP contribution in [0.1, 0.15) is 31.1 Å². The molecule has 3 heterocycles. The zero-order valence-electron chi connectivity index (χ0n) is 13.2. The van der Waals surface area contributed by atoms with Gasteiger partial charge in [-0.1, -0.05) is 0 Å². The Morgan fingerprint density at radius 3 is 2.04 bits per heavy atom. The Hall–Kier alpha value is -2.74. The highest BCUT2D eigenvalue weighted by Gasteiger charge is 2.37. The summed E-state index contributed by atoms with van der Waals surface area (Å²) in [4.78, 5) is 40.3. The van der Waals surface area contributed by atoms with Crippen molar-refractivity contribution in [2.24, 2.45) is 0 Å². The lowest BCUT2D eigenvalue weighted by Gasteiger charge is -2.26. The maximum absolute atomic E-state index is 12.5. The molecule has 126 valence electrons. The van der Waals surface area contributed by atoms with Crippen LogP contribution >= 0.6 is 11.8 Å². The van der Waals surface area contributed by atoms with Crippen LogP contribution in [-0.2, 0) is 0 Å². The van der Waals surface area contributed by atoms with Crippen molar-refractivity contribution in [1.82, 2.24) is 15.1 Å². The van der Waals surface area contributed by atoms with Gasteiger partial charge in [0.05, 0.1) is 29.2 Å². The number of rotatable bonds is 2. The van der Waals surface area contributed by atoms with Crippen LogP contribution in [0.5, 0.6) is 0 Å². The molecule has 7 nitrogen and oxygen atoms in total. The Morgan fingerprint density at radius 1 is 0.920 bits per heavy atom. The van der Waals surface area contributed by atoms with Gasteiger partial charge in [-0.2, -0.15) is 22.0 Å². The first-order valence-corrected chi connectivity index (χ1v) is 8.99. The minimum absolute atomic E-state index is 0.0254. The first-order valence-electron chi connectivity index (χ1n) is 7.83. The van der Waals surface area contributed by atoms with Gasteiger partial charge in [-0.15, -0.1) is 0 Å². The molecule has 1 fully saturated rings. The molecule has 1 aromatic carbocycles. The van der Waals surface area contributed by atoms with E-state index in [1.165, 1.54) is 12.4 Å². The second kappa shape index (κ2) is 6.29. The fourth-order valence-electron chi connectivity index (χ4n) is 2.93. The van der Waals surface area contributed by atoms with Crippen LogP contribution in [-0.4, -0.2) is 57.4 Å². The van der Waals surface area contributed by atoms with Crippen LogP contribution in [0.2, 0.25) is 0 Å². The highest BCUT2D eigenvalue weighted by molar-refractivity contribution is 7.99. The molecular weight excluding hydrogens is 340 g/mol. The van der Waals surface area contributed by atoms with Crippen molar-refractivity contribution >= 4 is 35.2 Å². The second-order valence-electron chi connectivity index (χ2n) is 5.71. The molecule has 3 amide bonds. The smallest absolute Gasteiger partial charge is 0.267 e. The quantitative estimate of drug-likeness (QED) is 0.760. The van der Waals surface area contributed by atoms with Crippen LogP contribution in [0.15, 0.2) is 36.7 Å². The molecule has 0 radical (unpaired) electrons. The van der Waals surface area contributed by atoms with Crippen LogP contribution in [0.3, 0.4) is 0 Å². The summed E-state index contributed by atoms with van der Waals surface area (Å²) in [5.41, 5.74) is 1.46. The number of anilines is 1. The normalized spacial score (nSPS) is 17.0. The summed E-state index contributed by atoms with van der Waals surface area (Å²) in [6.07, 6.45) is 2.59. The Labute approximate surface area is 148 Å². The maximum Gasteiger partial charge on any atom is 0.267 e. The van der Waals surface area contributed by atoms with Crippen molar-refractivity contribution in [3.63, 3.8) is 0 Å². The van der Waals surface area contributed by atoms with E-state index in [-0.39, 0.29) is 17.0 Å². The molecule has 0 unspecified atom stereocenters. The monoisotopic (exact) mass is 354 g/mol. The highest BCUT2D eigenvalue weighted by atomic mass is 32.2. The molecule has 1 saturated heterocycles. The second-order valence-corrected chi connectivity index (χ2v) is 6.94. The standard InChI is InChI=1S/C17H14N4O3S/c22-15(20-5-7-25-8-6-20)11-1-3-12(4-2-11)21-16(23)13-9-18-19-10-14(13)17(21)24/h1-4,9-10H,5-8H2. The van der Waals surface area contributed by atoms with E-state index in [0.717, 1.165) is 29.5 Å².